The summed E-state index contributed by atoms with van der Waals surface area (Å²) >= 11 is 2.12. The van der Waals surface area contributed by atoms with Crippen LogP contribution >= 0.6 is 22.6 Å². The molecule has 1 aliphatic heterocycles. The largest absolute Gasteiger partial charge is 0.491 e. The van der Waals surface area contributed by atoms with Crippen molar-refractivity contribution in [2.24, 2.45) is 0 Å². The first-order valence-corrected chi connectivity index (χ1v) is 6.57. The fraction of sp³-hybridized carbons (Fsp3) is 0.154. The smallest absolute Gasteiger partial charge is 0.352 e. The van der Waals surface area contributed by atoms with Crippen molar-refractivity contribution in [3.05, 3.63) is 51.4 Å². The standard InChI is InChI=1S/C13H10INO3/c14-8-5-10(13(16)17)15(6-8)11-7-18-12-4-2-1-3-9(11)12/h1-6,11H,7H2,(H,16,17). The Morgan fingerprint density at radius 3 is 3.00 bits per heavy atom. The van der Waals surface area contributed by atoms with E-state index < -0.39 is 5.97 Å². The summed E-state index contributed by atoms with van der Waals surface area (Å²) in [5, 5.41) is 9.22. The van der Waals surface area contributed by atoms with Crippen molar-refractivity contribution in [3.8, 4) is 5.75 Å². The lowest BCUT2D eigenvalue weighted by Crippen LogP contribution is -2.16. The summed E-state index contributed by atoms with van der Waals surface area (Å²) in [5.74, 6) is -0.0788. The van der Waals surface area contributed by atoms with Crippen LogP contribution in [0, 0.1) is 3.57 Å². The molecule has 92 valence electrons. The zero-order chi connectivity index (χ0) is 12.7. The first-order valence-electron chi connectivity index (χ1n) is 5.49. The molecule has 3 rings (SSSR count). The van der Waals surface area contributed by atoms with Gasteiger partial charge in [0.25, 0.3) is 0 Å². The molecule has 1 aromatic heterocycles. The Bertz CT molecular complexity index is 620. The molecule has 4 nitrogen and oxygen atoms in total. The monoisotopic (exact) mass is 355 g/mol. The fourth-order valence-electron chi connectivity index (χ4n) is 2.25. The average Bonchev–Trinajstić information content (AvgIpc) is 2.92. The maximum atomic E-state index is 11.2. The van der Waals surface area contributed by atoms with Gasteiger partial charge in [-0.1, -0.05) is 18.2 Å². The second-order valence-corrected chi connectivity index (χ2v) is 5.37. The second-order valence-electron chi connectivity index (χ2n) is 4.12. The molecule has 18 heavy (non-hydrogen) atoms. The zero-order valence-electron chi connectivity index (χ0n) is 9.34. The summed E-state index contributed by atoms with van der Waals surface area (Å²) in [7, 11) is 0. The van der Waals surface area contributed by atoms with Crippen molar-refractivity contribution >= 4 is 28.6 Å². The summed E-state index contributed by atoms with van der Waals surface area (Å²) in [6.07, 6.45) is 1.85. The molecule has 2 heterocycles. The van der Waals surface area contributed by atoms with Crippen molar-refractivity contribution in [1.82, 2.24) is 4.57 Å². The number of aromatic nitrogens is 1. The van der Waals surface area contributed by atoms with Crippen molar-refractivity contribution in [2.45, 2.75) is 6.04 Å². The normalized spacial score (nSPS) is 17.3. The van der Waals surface area contributed by atoms with E-state index in [2.05, 4.69) is 22.6 Å². The Morgan fingerprint density at radius 2 is 2.22 bits per heavy atom. The number of halogens is 1. The maximum Gasteiger partial charge on any atom is 0.352 e. The van der Waals surface area contributed by atoms with Gasteiger partial charge in [0.15, 0.2) is 0 Å². The van der Waals surface area contributed by atoms with Gasteiger partial charge in [-0.2, -0.15) is 0 Å². The van der Waals surface area contributed by atoms with Gasteiger partial charge >= 0.3 is 5.97 Å². The third-order valence-corrected chi connectivity index (χ3v) is 3.63. The van der Waals surface area contributed by atoms with Crippen molar-refractivity contribution in [1.29, 1.82) is 0 Å². The van der Waals surface area contributed by atoms with Gasteiger partial charge in [-0.15, -0.1) is 0 Å². The van der Waals surface area contributed by atoms with Crippen LogP contribution in [0.25, 0.3) is 0 Å². The molecule has 5 heteroatoms. The third-order valence-electron chi connectivity index (χ3n) is 3.04. The molecule has 0 radical (unpaired) electrons. The topological polar surface area (TPSA) is 51.5 Å². The second kappa shape index (κ2) is 4.31. The number of carboxylic acids is 1. The third kappa shape index (κ3) is 1.78. The lowest BCUT2D eigenvalue weighted by molar-refractivity contribution is 0.0683. The van der Waals surface area contributed by atoms with Crippen molar-refractivity contribution in [3.63, 3.8) is 0 Å². The molecule has 0 aliphatic carbocycles. The molecule has 0 amide bonds. The Hall–Kier alpha value is -1.50. The zero-order valence-corrected chi connectivity index (χ0v) is 11.5. The van der Waals surface area contributed by atoms with Gasteiger partial charge in [-0.25, -0.2) is 4.79 Å². The highest BCUT2D eigenvalue weighted by Gasteiger charge is 2.28. The Balaban J connectivity index is 2.10. The van der Waals surface area contributed by atoms with E-state index in [0.29, 0.717) is 12.3 Å². The van der Waals surface area contributed by atoms with Crippen LogP contribution in [0.1, 0.15) is 22.1 Å². The maximum absolute atomic E-state index is 11.2. The molecule has 1 aromatic carbocycles. The fourth-order valence-corrected chi connectivity index (χ4v) is 2.85. The van der Waals surface area contributed by atoms with Crippen LogP contribution in [0.2, 0.25) is 0 Å². The minimum Gasteiger partial charge on any atom is -0.491 e. The van der Waals surface area contributed by atoms with Crippen molar-refractivity contribution in [2.75, 3.05) is 6.61 Å². The molecule has 2 aromatic rings. The summed E-state index contributed by atoms with van der Waals surface area (Å²) in [6.45, 7) is 0.477. The minimum absolute atomic E-state index is 0.0594. The van der Waals surface area contributed by atoms with E-state index in [-0.39, 0.29) is 6.04 Å². The first-order chi connectivity index (χ1) is 8.66. The molecular formula is C13H10INO3. The summed E-state index contributed by atoms with van der Waals surface area (Å²) in [5.41, 5.74) is 1.33. The van der Waals surface area contributed by atoms with Crippen LogP contribution in [0.4, 0.5) is 0 Å². The number of hydrogen-bond donors (Lipinski definition) is 1. The molecule has 1 atom stereocenters. The minimum atomic E-state index is -0.915. The quantitative estimate of drug-likeness (QED) is 0.843. The number of benzene rings is 1. The van der Waals surface area contributed by atoms with E-state index in [1.165, 1.54) is 0 Å². The van der Waals surface area contributed by atoms with E-state index >= 15 is 0 Å². The van der Waals surface area contributed by atoms with E-state index in [1.807, 2.05) is 30.5 Å². The summed E-state index contributed by atoms with van der Waals surface area (Å²) < 4.78 is 8.28. The highest BCUT2D eigenvalue weighted by Crippen LogP contribution is 2.35. The Kier molecular flexibility index (Phi) is 2.77. The Labute approximate surface area is 117 Å². The predicted molar refractivity (Wildman–Crippen MR) is 74.2 cm³/mol. The number of ether oxygens (including phenoxy) is 1. The molecule has 0 saturated carbocycles. The molecular weight excluding hydrogens is 345 g/mol. The van der Waals surface area contributed by atoms with Crippen LogP contribution in [0.15, 0.2) is 36.5 Å². The van der Waals surface area contributed by atoms with Crippen LogP contribution in [-0.2, 0) is 0 Å². The number of para-hydroxylation sites is 1. The number of carboxylic acid groups (broad SMARTS) is 1. The molecule has 0 saturated heterocycles. The number of aromatic carboxylic acids is 1. The van der Waals surface area contributed by atoms with Gasteiger partial charge in [-0.05, 0) is 34.7 Å². The average molecular weight is 355 g/mol. The van der Waals surface area contributed by atoms with Gasteiger partial charge in [0.1, 0.15) is 18.1 Å². The van der Waals surface area contributed by atoms with Crippen molar-refractivity contribution < 1.29 is 14.6 Å². The summed E-state index contributed by atoms with van der Waals surface area (Å²) in [4.78, 5) is 11.2. The van der Waals surface area contributed by atoms with Gasteiger partial charge in [0, 0.05) is 15.3 Å². The number of nitrogens with zero attached hydrogens (tertiary/aromatic N) is 1. The molecule has 0 fully saturated rings. The lowest BCUT2D eigenvalue weighted by atomic mass is 10.1. The molecule has 1 aliphatic rings. The highest BCUT2D eigenvalue weighted by atomic mass is 127. The predicted octanol–water partition coefficient (Wildman–Crippen LogP) is 2.77. The van der Waals surface area contributed by atoms with Crippen LogP contribution in [-0.4, -0.2) is 22.2 Å². The number of fused-ring (bicyclic) bond motifs is 1. The van der Waals surface area contributed by atoms with Crippen LogP contribution in [0.5, 0.6) is 5.75 Å². The molecule has 0 bridgehead atoms. The van der Waals surface area contributed by atoms with E-state index in [4.69, 9.17) is 4.74 Å². The SMILES string of the molecule is O=C(O)c1cc(I)cn1C1COc2ccccc21. The number of carbonyl (C=O) groups is 1. The summed E-state index contributed by atoms with van der Waals surface area (Å²) in [6, 6.07) is 9.35. The first kappa shape index (κ1) is 11.6. The highest BCUT2D eigenvalue weighted by molar-refractivity contribution is 14.1. The van der Waals surface area contributed by atoms with Gasteiger partial charge < -0.3 is 14.4 Å². The van der Waals surface area contributed by atoms with Crippen LogP contribution < -0.4 is 4.74 Å². The lowest BCUT2D eigenvalue weighted by Gasteiger charge is -2.13. The Morgan fingerprint density at radius 1 is 1.44 bits per heavy atom. The molecule has 0 spiro atoms. The number of hydrogen-bond acceptors (Lipinski definition) is 2. The van der Waals surface area contributed by atoms with E-state index in [9.17, 15) is 9.90 Å². The number of rotatable bonds is 2. The van der Waals surface area contributed by atoms with Crippen LogP contribution in [0.3, 0.4) is 0 Å². The van der Waals surface area contributed by atoms with E-state index in [0.717, 1.165) is 14.9 Å². The molecule has 1 N–H and O–H groups in total. The van der Waals surface area contributed by atoms with Gasteiger partial charge in [0.2, 0.25) is 0 Å². The van der Waals surface area contributed by atoms with E-state index in [1.54, 1.807) is 10.6 Å². The van der Waals surface area contributed by atoms with Gasteiger partial charge in [-0.3, -0.25) is 0 Å². The molecule has 1 unspecified atom stereocenters. The van der Waals surface area contributed by atoms with Gasteiger partial charge in [0.05, 0.1) is 6.04 Å².